The molecule has 22 heavy (non-hydrogen) atoms. The van der Waals surface area contributed by atoms with E-state index < -0.39 is 23.8 Å². The molecule has 0 unspecified atom stereocenters. The number of aliphatic carboxylic acids is 2. The molecule has 1 aliphatic carbocycles. The van der Waals surface area contributed by atoms with Crippen LogP contribution in [0.2, 0.25) is 0 Å². The van der Waals surface area contributed by atoms with Crippen LogP contribution in [0.15, 0.2) is 24.3 Å². The van der Waals surface area contributed by atoms with E-state index in [4.69, 9.17) is 0 Å². The van der Waals surface area contributed by atoms with Crippen LogP contribution >= 0.6 is 0 Å². The minimum Gasteiger partial charge on any atom is -0.545 e. The second-order valence-electron chi connectivity index (χ2n) is 4.82. The van der Waals surface area contributed by atoms with Crippen molar-refractivity contribution in [2.24, 2.45) is 0 Å². The van der Waals surface area contributed by atoms with Crippen molar-refractivity contribution in [3.05, 3.63) is 24.3 Å². The molecule has 0 aromatic heterocycles. The highest BCUT2D eigenvalue weighted by Gasteiger charge is 2.26. The van der Waals surface area contributed by atoms with E-state index in [-0.39, 0.29) is 12.1 Å². The van der Waals surface area contributed by atoms with Crippen molar-refractivity contribution in [1.29, 1.82) is 0 Å². The van der Waals surface area contributed by atoms with E-state index in [2.05, 4.69) is 10.6 Å². The summed E-state index contributed by atoms with van der Waals surface area (Å²) in [5.74, 6) is -4.15. The standard InChI is InChI=1S/C14H18N2O6/c17-11(5-7-13(19)20)15-9-3-1-2-4-10(9)16-12(18)6-8-14(21)22/h5-10H,1-4H2,(H,15,17)(H,16,18)(H,19,20)(H,21,22)/p-2/b7-5+,8-6+/t9-,10-/m1/s1. The van der Waals surface area contributed by atoms with Crippen molar-refractivity contribution in [1.82, 2.24) is 10.6 Å². The molecule has 8 heteroatoms. The maximum Gasteiger partial charge on any atom is 0.244 e. The summed E-state index contributed by atoms with van der Waals surface area (Å²) < 4.78 is 0. The minimum atomic E-state index is -1.48. The summed E-state index contributed by atoms with van der Waals surface area (Å²) in [6.45, 7) is 0. The van der Waals surface area contributed by atoms with E-state index in [0.717, 1.165) is 25.0 Å². The highest BCUT2D eigenvalue weighted by atomic mass is 16.4. The molecule has 0 saturated heterocycles. The van der Waals surface area contributed by atoms with Gasteiger partial charge in [-0.1, -0.05) is 12.8 Å². The molecule has 2 atom stereocenters. The molecular weight excluding hydrogens is 292 g/mol. The Morgan fingerprint density at radius 2 is 1.09 bits per heavy atom. The number of amides is 2. The van der Waals surface area contributed by atoms with Crippen molar-refractivity contribution >= 4 is 23.8 Å². The van der Waals surface area contributed by atoms with Crippen LogP contribution in [0.5, 0.6) is 0 Å². The highest BCUT2D eigenvalue weighted by molar-refractivity contribution is 5.94. The number of rotatable bonds is 6. The van der Waals surface area contributed by atoms with Crippen molar-refractivity contribution in [2.45, 2.75) is 37.8 Å². The van der Waals surface area contributed by atoms with E-state index in [9.17, 15) is 29.4 Å². The van der Waals surface area contributed by atoms with E-state index in [1.54, 1.807) is 0 Å². The maximum atomic E-state index is 11.6. The van der Waals surface area contributed by atoms with Gasteiger partial charge >= 0.3 is 0 Å². The lowest BCUT2D eigenvalue weighted by Crippen LogP contribution is -2.52. The van der Waals surface area contributed by atoms with Gasteiger partial charge in [-0.05, 0) is 25.0 Å². The molecule has 1 fully saturated rings. The van der Waals surface area contributed by atoms with E-state index in [1.807, 2.05) is 0 Å². The van der Waals surface area contributed by atoms with Crippen LogP contribution in [-0.2, 0) is 19.2 Å². The quantitative estimate of drug-likeness (QED) is 0.506. The number of hydrogen-bond acceptors (Lipinski definition) is 6. The summed E-state index contributed by atoms with van der Waals surface area (Å²) in [6, 6.07) is -0.707. The van der Waals surface area contributed by atoms with Crippen LogP contribution in [0.3, 0.4) is 0 Å². The Labute approximate surface area is 126 Å². The lowest BCUT2D eigenvalue weighted by atomic mass is 9.90. The highest BCUT2D eigenvalue weighted by Crippen LogP contribution is 2.18. The van der Waals surface area contributed by atoms with Crippen molar-refractivity contribution in [3.8, 4) is 0 Å². The summed E-state index contributed by atoms with van der Waals surface area (Å²) in [6.07, 6.45) is 5.90. The van der Waals surface area contributed by atoms with Gasteiger partial charge in [-0.25, -0.2) is 0 Å². The predicted octanol–water partition coefficient (Wildman–Crippen LogP) is -2.86. The lowest BCUT2D eigenvalue weighted by Gasteiger charge is -2.32. The Morgan fingerprint density at radius 1 is 0.727 bits per heavy atom. The first-order valence-electron chi connectivity index (χ1n) is 6.77. The van der Waals surface area contributed by atoms with Crippen LogP contribution in [0.1, 0.15) is 25.7 Å². The fourth-order valence-corrected chi connectivity index (χ4v) is 2.23. The number of hydrogen-bond donors (Lipinski definition) is 2. The van der Waals surface area contributed by atoms with Gasteiger partial charge in [0, 0.05) is 24.2 Å². The van der Waals surface area contributed by atoms with Crippen molar-refractivity contribution < 1.29 is 29.4 Å². The molecule has 1 aliphatic rings. The third-order valence-electron chi connectivity index (χ3n) is 3.16. The third kappa shape index (κ3) is 6.69. The first-order chi connectivity index (χ1) is 10.4. The zero-order valence-electron chi connectivity index (χ0n) is 11.7. The Kier molecular flexibility index (Phi) is 6.81. The van der Waals surface area contributed by atoms with Gasteiger partial charge in [-0.2, -0.15) is 0 Å². The average Bonchev–Trinajstić information content (AvgIpc) is 2.45. The van der Waals surface area contributed by atoms with E-state index in [0.29, 0.717) is 25.0 Å². The van der Waals surface area contributed by atoms with Gasteiger partial charge in [-0.15, -0.1) is 0 Å². The molecule has 1 saturated carbocycles. The summed E-state index contributed by atoms with van der Waals surface area (Å²) >= 11 is 0. The Morgan fingerprint density at radius 3 is 1.41 bits per heavy atom. The lowest BCUT2D eigenvalue weighted by molar-refractivity contribution is -0.298. The topological polar surface area (TPSA) is 138 Å². The Balaban J connectivity index is 2.59. The normalized spacial score (nSPS) is 21.6. The molecule has 0 spiro atoms. The molecule has 0 aliphatic heterocycles. The fraction of sp³-hybridized carbons (Fsp3) is 0.429. The average molecular weight is 308 g/mol. The third-order valence-corrected chi connectivity index (χ3v) is 3.16. The maximum absolute atomic E-state index is 11.6. The van der Waals surface area contributed by atoms with Gasteiger partial charge in [0.15, 0.2) is 0 Å². The summed E-state index contributed by atoms with van der Waals surface area (Å²) in [5.41, 5.74) is 0. The zero-order valence-corrected chi connectivity index (χ0v) is 11.7. The first-order valence-corrected chi connectivity index (χ1v) is 6.77. The largest absolute Gasteiger partial charge is 0.545 e. The predicted molar refractivity (Wildman–Crippen MR) is 70.6 cm³/mol. The smallest absolute Gasteiger partial charge is 0.244 e. The summed E-state index contributed by atoms with van der Waals surface area (Å²) in [4.78, 5) is 43.6. The molecule has 120 valence electrons. The fourth-order valence-electron chi connectivity index (χ4n) is 2.23. The van der Waals surface area contributed by atoms with E-state index in [1.165, 1.54) is 0 Å². The van der Waals surface area contributed by atoms with Crippen LogP contribution < -0.4 is 20.8 Å². The van der Waals surface area contributed by atoms with Crippen LogP contribution in [0.4, 0.5) is 0 Å². The zero-order chi connectivity index (χ0) is 16.5. The Hall–Kier alpha value is -2.64. The number of nitrogens with one attached hydrogen (secondary N) is 2. The number of carboxylic acids is 2. The van der Waals surface area contributed by atoms with Crippen LogP contribution in [0, 0.1) is 0 Å². The van der Waals surface area contributed by atoms with E-state index >= 15 is 0 Å². The molecular formula is C14H16N2O6-2. The second kappa shape index (κ2) is 8.60. The number of carboxylic acid groups (broad SMARTS) is 2. The number of carbonyl (C=O) groups is 4. The Bertz CT molecular complexity index is 465. The molecule has 2 amide bonds. The molecule has 8 nitrogen and oxygen atoms in total. The van der Waals surface area contributed by atoms with Gasteiger partial charge in [0.05, 0.1) is 11.9 Å². The van der Waals surface area contributed by atoms with Crippen LogP contribution in [0.25, 0.3) is 0 Å². The molecule has 0 heterocycles. The first kappa shape index (κ1) is 17.4. The molecule has 2 N–H and O–H groups in total. The van der Waals surface area contributed by atoms with Gasteiger partial charge < -0.3 is 30.4 Å². The second-order valence-corrected chi connectivity index (χ2v) is 4.82. The van der Waals surface area contributed by atoms with Gasteiger partial charge in [0.25, 0.3) is 0 Å². The summed E-state index contributed by atoms with van der Waals surface area (Å²) in [7, 11) is 0. The van der Waals surface area contributed by atoms with Crippen LogP contribution in [-0.4, -0.2) is 35.8 Å². The molecule has 0 bridgehead atoms. The van der Waals surface area contributed by atoms with Gasteiger partial charge in [-0.3, -0.25) is 9.59 Å². The number of carbonyl (C=O) groups excluding carboxylic acids is 4. The molecule has 0 aromatic carbocycles. The molecule has 1 rings (SSSR count). The SMILES string of the molecule is O=C([O-])/C=C/C(=O)N[C@@H]1CCCC[C@H]1NC(=O)/C=C/C(=O)[O-]. The molecule has 0 aromatic rings. The van der Waals surface area contributed by atoms with Gasteiger partial charge in [0.1, 0.15) is 0 Å². The molecule has 0 radical (unpaired) electrons. The van der Waals surface area contributed by atoms with Crippen molar-refractivity contribution in [3.63, 3.8) is 0 Å². The monoisotopic (exact) mass is 308 g/mol. The van der Waals surface area contributed by atoms with Crippen molar-refractivity contribution in [2.75, 3.05) is 0 Å². The minimum absolute atomic E-state index is 0.354. The van der Waals surface area contributed by atoms with Gasteiger partial charge in [0.2, 0.25) is 11.8 Å². The summed E-state index contributed by atoms with van der Waals surface area (Å²) in [5, 5.41) is 25.7.